The van der Waals surface area contributed by atoms with Crippen LogP contribution >= 0.6 is 0 Å². The van der Waals surface area contributed by atoms with E-state index in [1.54, 1.807) is 6.92 Å². The van der Waals surface area contributed by atoms with Gasteiger partial charge in [0, 0.05) is 23.9 Å². The number of aromatic nitrogens is 2. The fourth-order valence-electron chi connectivity index (χ4n) is 1.68. The van der Waals surface area contributed by atoms with Crippen molar-refractivity contribution in [1.82, 2.24) is 14.9 Å². The molecule has 0 saturated carbocycles. The van der Waals surface area contributed by atoms with Crippen LogP contribution in [0, 0.1) is 17.0 Å². The van der Waals surface area contributed by atoms with E-state index in [-0.39, 0.29) is 22.8 Å². The third-order valence-corrected chi connectivity index (χ3v) is 4.29. The van der Waals surface area contributed by atoms with Crippen molar-refractivity contribution in [2.45, 2.75) is 18.4 Å². The molecule has 0 bridgehead atoms. The highest BCUT2D eigenvalue weighted by Gasteiger charge is 2.19. The van der Waals surface area contributed by atoms with E-state index >= 15 is 0 Å². The highest BCUT2D eigenvalue weighted by atomic mass is 32.2. The fraction of sp³-hybridized carbons (Fsp3) is 0.182. The number of nitro groups is 1. The van der Waals surface area contributed by atoms with Crippen molar-refractivity contribution >= 4 is 21.4 Å². The Bertz CT molecular complexity index is 784. The Morgan fingerprint density at radius 2 is 2.19 bits per heavy atom. The van der Waals surface area contributed by atoms with Crippen LogP contribution in [0.3, 0.4) is 0 Å². The number of hydrogen-bond donors (Lipinski definition) is 3. The van der Waals surface area contributed by atoms with E-state index < -0.39 is 14.9 Å². The second kappa shape index (κ2) is 5.50. The van der Waals surface area contributed by atoms with Crippen molar-refractivity contribution in [3.63, 3.8) is 0 Å². The van der Waals surface area contributed by atoms with Gasteiger partial charge in [0.25, 0.3) is 5.69 Å². The average molecular weight is 311 g/mol. The van der Waals surface area contributed by atoms with Crippen molar-refractivity contribution in [2.75, 3.05) is 5.73 Å². The number of hydrogen-bond acceptors (Lipinski definition) is 6. The number of anilines is 1. The average Bonchev–Trinajstić information content (AvgIpc) is 2.81. The van der Waals surface area contributed by atoms with Crippen molar-refractivity contribution in [3.8, 4) is 0 Å². The summed E-state index contributed by atoms with van der Waals surface area (Å²) in [6.45, 7) is 1.82. The Kier molecular flexibility index (Phi) is 3.91. The number of H-pyrrole nitrogens is 1. The Morgan fingerprint density at radius 1 is 1.48 bits per heavy atom. The minimum Gasteiger partial charge on any atom is -0.393 e. The molecule has 0 amide bonds. The Morgan fingerprint density at radius 3 is 2.71 bits per heavy atom. The standard InChI is InChI=1S/C11H13N5O4S/c1-7-8(5-13-15-7)6-14-21(19,20)9-2-3-11(16(17)18)10(12)4-9/h2-5,14H,6,12H2,1H3,(H,13,15). The number of aryl methyl sites for hydroxylation is 1. The van der Waals surface area contributed by atoms with Crippen LogP contribution in [0.25, 0.3) is 0 Å². The molecule has 0 spiro atoms. The number of nitrogen functional groups attached to an aromatic ring is 1. The van der Waals surface area contributed by atoms with Gasteiger partial charge in [0.1, 0.15) is 5.69 Å². The first kappa shape index (κ1) is 14.9. The van der Waals surface area contributed by atoms with Crippen LogP contribution < -0.4 is 10.5 Å². The summed E-state index contributed by atoms with van der Waals surface area (Å²) < 4.78 is 26.6. The number of rotatable bonds is 5. The predicted octanol–water partition coefficient (Wildman–Crippen LogP) is 0.687. The molecule has 0 atom stereocenters. The van der Waals surface area contributed by atoms with Crippen molar-refractivity contribution < 1.29 is 13.3 Å². The van der Waals surface area contributed by atoms with E-state index in [1.807, 2.05) is 0 Å². The summed E-state index contributed by atoms with van der Waals surface area (Å²) in [6, 6.07) is 3.26. The largest absolute Gasteiger partial charge is 0.393 e. The lowest BCUT2D eigenvalue weighted by Crippen LogP contribution is -2.23. The molecule has 2 aromatic rings. The second-order valence-corrected chi connectivity index (χ2v) is 6.09. The Hall–Kier alpha value is -2.46. The molecule has 0 fully saturated rings. The van der Waals surface area contributed by atoms with Gasteiger partial charge in [-0.25, -0.2) is 13.1 Å². The maximum Gasteiger partial charge on any atom is 0.292 e. The van der Waals surface area contributed by atoms with Crippen molar-refractivity contribution in [1.29, 1.82) is 0 Å². The third-order valence-electron chi connectivity index (χ3n) is 2.89. The molecule has 9 nitrogen and oxygen atoms in total. The van der Waals surface area contributed by atoms with Gasteiger partial charge >= 0.3 is 0 Å². The number of benzene rings is 1. The summed E-state index contributed by atoms with van der Waals surface area (Å²) in [5, 5.41) is 17.1. The normalized spacial score (nSPS) is 11.5. The van der Waals surface area contributed by atoms with Gasteiger partial charge in [-0.2, -0.15) is 5.10 Å². The zero-order chi connectivity index (χ0) is 15.6. The van der Waals surface area contributed by atoms with Crippen LogP contribution in [0.1, 0.15) is 11.3 Å². The molecule has 1 aromatic carbocycles. The van der Waals surface area contributed by atoms with E-state index in [4.69, 9.17) is 5.73 Å². The van der Waals surface area contributed by atoms with Crippen molar-refractivity contribution in [3.05, 3.63) is 45.8 Å². The van der Waals surface area contributed by atoms with Crippen LogP contribution in [-0.4, -0.2) is 23.5 Å². The van der Waals surface area contributed by atoms with Crippen molar-refractivity contribution in [2.24, 2.45) is 0 Å². The lowest BCUT2D eigenvalue weighted by molar-refractivity contribution is -0.383. The van der Waals surface area contributed by atoms with Gasteiger partial charge in [0.15, 0.2) is 0 Å². The van der Waals surface area contributed by atoms with Crippen LogP contribution in [0.2, 0.25) is 0 Å². The van der Waals surface area contributed by atoms with E-state index in [0.717, 1.165) is 23.9 Å². The molecule has 0 aliphatic rings. The number of aromatic amines is 1. The van der Waals surface area contributed by atoms with Crippen LogP contribution in [0.4, 0.5) is 11.4 Å². The maximum absolute atomic E-state index is 12.1. The fourth-order valence-corrected chi connectivity index (χ4v) is 2.72. The quantitative estimate of drug-likeness (QED) is 0.421. The molecule has 0 unspecified atom stereocenters. The first-order valence-electron chi connectivity index (χ1n) is 5.83. The van der Waals surface area contributed by atoms with E-state index in [1.165, 1.54) is 6.20 Å². The topological polar surface area (TPSA) is 144 Å². The van der Waals surface area contributed by atoms with E-state index in [0.29, 0.717) is 5.56 Å². The summed E-state index contributed by atoms with van der Waals surface area (Å²) in [6.07, 6.45) is 1.52. The van der Waals surface area contributed by atoms with Gasteiger partial charge in [0.2, 0.25) is 10.0 Å². The number of nitro benzene ring substituents is 1. The van der Waals surface area contributed by atoms with Gasteiger partial charge in [-0.1, -0.05) is 0 Å². The van der Waals surface area contributed by atoms with Gasteiger partial charge in [-0.15, -0.1) is 0 Å². The highest BCUT2D eigenvalue weighted by Crippen LogP contribution is 2.24. The molecular weight excluding hydrogens is 298 g/mol. The smallest absolute Gasteiger partial charge is 0.292 e. The molecule has 4 N–H and O–H groups in total. The van der Waals surface area contributed by atoms with Gasteiger partial charge < -0.3 is 5.73 Å². The molecule has 0 radical (unpaired) electrons. The van der Waals surface area contributed by atoms with Gasteiger partial charge in [-0.3, -0.25) is 15.2 Å². The molecule has 112 valence electrons. The lowest BCUT2D eigenvalue weighted by Gasteiger charge is -2.07. The minimum atomic E-state index is -3.81. The summed E-state index contributed by atoms with van der Waals surface area (Å²) >= 11 is 0. The molecule has 10 heteroatoms. The molecule has 1 aromatic heterocycles. The molecule has 0 aliphatic carbocycles. The number of nitrogens with zero attached hydrogens (tertiary/aromatic N) is 2. The summed E-state index contributed by atoms with van der Waals surface area (Å²) in [7, 11) is -3.81. The Balaban J connectivity index is 2.22. The van der Waals surface area contributed by atoms with Gasteiger partial charge in [0.05, 0.1) is 16.0 Å². The molecule has 21 heavy (non-hydrogen) atoms. The second-order valence-electron chi connectivity index (χ2n) is 4.32. The molecule has 2 rings (SSSR count). The number of sulfonamides is 1. The summed E-state index contributed by atoms with van der Waals surface area (Å²) in [5.74, 6) is 0. The zero-order valence-corrected chi connectivity index (χ0v) is 11.8. The molecule has 0 aliphatic heterocycles. The van der Waals surface area contributed by atoms with Crippen LogP contribution in [0.5, 0.6) is 0 Å². The third kappa shape index (κ3) is 3.17. The first-order valence-corrected chi connectivity index (χ1v) is 7.32. The summed E-state index contributed by atoms with van der Waals surface area (Å²) in [4.78, 5) is 9.85. The first-order chi connectivity index (χ1) is 9.81. The van der Waals surface area contributed by atoms with E-state index in [2.05, 4.69) is 14.9 Å². The SMILES string of the molecule is Cc1[nH]ncc1CNS(=O)(=O)c1ccc([N+](=O)[O-])c(N)c1. The zero-order valence-electron chi connectivity index (χ0n) is 11.0. The molecular formula is C11H13N5O4S. The van der Waals surface area contributed by atoms with Gasteiger partial charge in [-0.05, 0) is 19.1 Å². The number of nitrogens with two attached hydrogens (primary N) is 1. The Labute approximate surface area is 120 Å². The monoisotopic (exact) mass is 311 g/mol. The lowest BCUT2D eigenvalue weighted by atomic mass is 10.3. The molecule has 1 heterocycles. The van der Waals surface area contributed by atoms with E-state index in [9.17, 15) is 18.5 Å². The maximum atomic E-state index is 12.1. The summed E-state index contributed by atoms with van der Waals surface area (Å²) in [5.41, 5.74) is 6.40. The highest BCUT2D eigenvalue weighted by molar-refractivity contribution is 7.89. The molecule has 0 saturated heterocycles. The minimum absolute atomic E-state index is 0.0571. The predicted molar refractivity (Wildman–Crippen MR) is 74.9 cm³/mol. The number of nitrogens with one attached hydrogen (secondary N) is 2. The van der Waals surface area contributed by atoms with Crippen LogP contribution in [0.15, 0.2) is 29.3 Å². The van der Waals surface area contributed by atoms with Crippen LogP contribution in [-0.2, 0) is 16.6 Å².